The number of hydrogen-bond acceptors (Lipinski definition) is 2. The van der Waals surface area contributed by atoms with Gasteiger partial charge in [-0.15, -0.1) is 0 Å². The molecule has 0 radical (unpaired) electrons. The first kappa shape index (κ1) is 6.24. The second-order valence-electron chi connectivity index (χ2n) is 1.13. The SMILES string of the molecule is C=C(O)/C=C/CN. The van der Waals surface area contributed by atoms with E-state index in [0.29, 0.717) is 6.54 Å². The molecule has 0 spiro atoms. The van der Waals surface area contributed by atoms with Gasteiger partial charge in [-0.2, -0.15) is 0 Å². The average Bonchev–Trinajstić information content (AvgIpc) is 1.61. The highest BCUT2D eigenvalue weighted by atomic mass is 16.3. The van der Waals surface area contributed by atoms with E-state index in [-0.39, 0.29) is 5.76 Å². The van der Waals surface area contributed by atoms with Gasteiger partial charge in [-0.25, -0.2) is 0 Å². The van der Waals surface area contributed by atoms with Gasteiger partial charge in [-0.05, 0) is 6.08 Å². The fourth-order valence-electron chi connectivity index (χ4n) is 0.204. The van der Waals surface area contributed by atoms with Crippen molar-refractivity contribution in [2.45, 2.75) is 0 Å². The molecule has 0 atom stereocenters. The molecule has 0 aromatic carbocycles. The Morgan fingerprint density at radius 1 is 1.86 bits per heavy atom. The molecule has 0 aliphatic heterocycles. The molecular weight excluding hydrogens is 90.1 g/mol. The largest absolute Gasteiger partial charge is 0.509 e. The summed E-state index contributed by atoms with van der Waals surface area (Å²) in [7, 11) is 0. The van der Waals surface area contributed by atoms with E-state index in [2.05, 4.69) is 6.58 Å². The van der Waals surface area contributed by atoms with Gasteiger partial charge in [0.2, 0.25) is 0 Å². The van der Waals surface area contributed by atoms with Crippen molar-refractivity contribution in [2.75, 3.05) is 6.54 Å². The maximum absolute atomic E-state index is 8.35. The van der Waals surface area contributed by atoms with Gasteiger partial charge in [-0.1, -0.05) is 12.7 Å². The van der Waals surface area contributed by atoms with Crippen LogP contribution in [0.5, 0.6) is 0 Å². The zero-order valence-corrected chi connectivity index (χ0v) is 4.09. The zero-order chi connectivity index (χ0) is 5.70. The molecule has 0 amide bonds. The molecule has 0 saturated carbocycles. The lowest BCUT2D eigenvalue weighted by molar-refractivity contribution is 0.435. The molecule has 3 N–H and O–H groups in total. The smallest absolute Gasteiger partial charge is 0.108 e. The first-order chi connectivity index (χ1) is 3.27. The Bertz CT molecular complexity index is 86.1. The minimum absolute atomic E-state index is 0.0467. The van der Waals surface area contributed by atoms with Crippen LogP contribution in [0.25, 0.3) is 0 Å². The normalized spacial score (nSPS) is 9.86. The minimum Gasteiger partial charge on any atom is -0.509 e. The number of hydrogen-bond donors (Lipinski definition) is 2. The van der Waals surface area contributed by atoms with Crippen LogP contribution in [0, 0.1) is 0 Å². The van der Waals surface area contributed by atoms with Crippen molar-refractivity contribution < 1.29 is 5.11 Å². The van der Waals surface area contributed by atoms with E-state index in [1.807, 2.05) is 0 Å². The Labute approximate surface area is 43.0 Å². The van der Waals surface area contributed by atoms with Crippen molar-refractivity contribution in [3.8, 4) is 0 Å². The second-order valence-corrected chi connectivity index (χ2v) is 1.13. The molecule has 0 heterocycles. The first-order valence-corrected chi connectivity index (χ1v) is 2.02. The Balaban J connectivity index is 3.26. The molecule has 0 saturated heterocycles. The van der Waals surface area contributed by atoms with Gasteiger partial charge < -0.3 is 10.8 Å². The molecule has 0 aliphatic rings. The Hall–Kier alpha value is -0.760. The van der Waals surface area contributed by atoms with E-state index < -0.39 is 0 Å². The fraction of sp³-hybridized carbons (Fsp3) is 0.200. The summed E-state index contributed by atoms with van der Waals surface area (Å²) in [5.74, 6) is 0.0467. The monoisotopic (exact) mass is 99.1 g/mol. The first-order valence-electron chi connectivity index (χ1n) is 2.02. The van der Waals surface area contributed by atoms with Gasteiger partial charge in [0.1, 0.15) is 5.76 Å². The van der Waals surface area contributed by atoms with Gasteiger partial charge in [-0.3, -0.25) is 0 Å². The summed E-state index contributed by atoms with van der Waals surface area (Å²) in [6.07, 6.45) is 3.09. The third kappa shape index (κ3) is 5.24. The van der Waals surface area contributed by atoms with E-state index in [0.717, 1.165) is 0 Å². The van der Waals surface area contributed by atoms with Crippen LogP contribution in [-0.2, 0) is 0 Å². The molecule has 0 bridgehead atoms. The van der Waals surface area contributed by atoms with Crippen LogP contribution in [0.1, 0.15) is 0 Å². The van der Waals surface area contributed by atoms with E-state index in [4.69, 9.17) is 10.8 Å². The Morgan fingerprint density at radius 2 is 2.43 bits per heavy atom. The summed E-state index contributed by atoms with van der Waals surface area (Å²) in [5, 5.41) is 8.35. The Kier molecular flexibility index (Phi) is 3.06. The van der Waals surface area contributed by atoms with E-state index in [1.165, 1.54) is 6.08 Å². The molecule has 0 aliphatic carbocycles. The summed E-state index contributed by atoms with van der Waals surface area (Å²) < 4.78 is 0. The van der Waals surface area contributed by atoms with Crippen LogP contribution in [0.2, 0.25) is 0 Å². The fourth-order valence-corrected chi connectivity index (χ4v) is 0.204. The molecule has 40 valence electrons. The summed E-state index contributed by atoms with van der Waals surface area (Å²) in [4.78, 5) is 0. The van der Waals surface area contributed by atoms with E-state index in [9.17, 15) is 0 Å². The maximum Gasteiger partial charge on any atom is 0.108 e. The summed E-state index contributed by atoms with van der Waals surface area (Å²) in [6, 6.07) is 0. The third-order valence-electron chi connectivity index (χ3n) is 0.446. The van der Waals surface area contributed by atoms with Crippen LogP contribution in [0.15, 0.2) is 24.5 Å². The van der Waals surface area contributed by atoms with Crippen LogP contribution in [0.3, 0.4) is 0 Å². The predicted octanol–water partition coefficient (Wildman–Crippen LogP) is 0.573. The second kappa shape index (κ2) is 3.43. The van der Waals surface area contributed by atoms with E-state index in [1.54, 1.807) is 6.08 Å². The molecule has 7 heavy (non-hydrogen) atoms. The van der Waals surface area contributed by atoms with Crippen molar-refractivity contribution >= 4 is 0 Å². The lowest BCUT2D eigenvalue weighted by Crippen LogP contribution is -1.92. The van der Waals surface area contributed by atoms with Gasteiger partial charge in [0.05, 0.1) is 0 Å². The van der Waals surface area contributed by atoms with Crippen molar-refractivity contribution in [2.24, 2.45) is 5.73 Å². The van der Waals surface area contributed by atoms with Gasteiger partial charge in [0.25, 0.3) is 0 Å². The summed E-state index contributed by atoms with van der Waals surface area (Å²) >= 11 is 0. The van der Waals surface area contributed by atoms with Gasteiger partial charge >= 0.3 is 0 Å². The summed E-state index contributed by atoms with van der Waals surface area (Å²) in [5.41, 5.74) is 5.04. The quantitative estimate of drug-likeness (QED) is 0.393. The van der Waals surface area contributed by atoms with Crippen molar-refractivity contribution in [1.82, 2.24) is 0 Å². The maximum atomic E-state index is 8.35. The number of rotatable bonds is 2. The van der Waals surface area contributed by atoms with Crippen molar-refractivity contribution in [3.63, 3.8) is 0 Å². The molecule has 0 fully saturated rings. The molecule has 0 rings (SSSR count). The van der Waals surface area contributed by atoms with Gasteiger partial charge in [0, 0.05) is 6.54 Å². The standard InChI is InChI=1S/C5H9NO/c1-5(7)3-2-4-6/h2-3,7H,1,4,6H2/b3-2+. The Morgan fingerprint density at radius 3 is 2.57 bits per heavy atom. The average molecular weight is 99.1 g/mol. The number of aliphatic hydroxyl groups is 1. The zero-order valence-electron chi connectivity index (χ0n) is 4.09. The topological polar surface area (TPSA) is 46.2 Å². The van der Waals surface area contributed by atoms with Crippen LogP contribution < -0.4 is 5.73 Å². The highest BCUT2D eigenvalue weighted by molar-refractivity contribution is 5.05. The molecule has 0 unspecified atom stereocenters. The van der Waals surface area contributed by atoms with Crippen LogP contribution in [0.4, 0.5) is 0 Å². The number of allylic oxidation sites excluding steroid dienone is 1. The van der Waals surface area contributed by atoms with Crippen molar-refractivity contribution in [1.29, 1.82) is 0 Å². The predicted molar refractivity (Wildman–Crippen MR) is 30.0 cm³/mol. The number of nitrogens with two attached hydrogens (primary N) is 1. The lowest BCUT2D eigenvalue weighted by atomic mass is 10.4. The molecule has 0 aromatic rings. The molecular formula is C5H9NO. The van der Waals surface area contributed by atoms with Crippen LogP contribution in [-0.4, -0.2) is 11.7 Å². The molecule has 2 nitrogen and oxygen atoms in total. The minimum atomic E-state index is 0.0467. The molecule has 0 aromatic heterocycles. The van der Waals surface area contributed by atoms with Crippen molar-refractivity contribution in [3.05, 3.63) is 24.5 Å². The van der Waals surface area contributed by atoms with Gasteiger partial charge in [0.15, 0.2) is 0 Å². The lowest BCUT2D eigenvalue weighted by Gasteiger charge is -1.80. The molecule has 2 heteroatoms. The van der Waals surface area contributed by atoms with E-state index >= 15 is 0 Å². The third-order valence-corrected chi connectivity index (χ3v) is 0.446. The highest BCUT2D eigenvalue weighted by Gasteiger charge is 1.70. The highest BCUT2D eigenvalue weighted by Crippen LogP contribution is 1.80. The summed E-state index contributed by atoms with van der Waals surface area (Å²) in [6.45, 7) is 3.65. The number of aliphatic hydroxyl groups excluding tert-OH is 1. The van der Waals surface area contributed by atoms with Crippen LogP contribution >= 0.6 is 0 Å².